The van der Waals surface area contributed by atoms with Crippen LogP contribution in [0.15, 0.2) is 36.4 Å². The van der Waals surface area contributed by atoms with Crippen LogP contribution in [-0.2, 0) is 6.54 Å². The molecule has 0 atom stereocenters. The average Bonchev–Trinajstić information content (AvgIpc) is 2.46. The molecule has 0 bridgehead atoms. The summed E-state index contributed by atoms with van der Waals surface area (Å²) in [6, 6.07) is 11.1. The van der Waals surface area contributed by atoms with Gasteiger partial charge in [-0.25, -0.2) is 0 Å². The van der Waals surface area contributed by atoms with Crippen molar-refractivity contribution in [3.63, 3.8) is 0 Å². The molecule has 21 heavy (non-hydrogen) atoms. The minimum absolute atomic E-state index is 0.153. The van der Waals surface area contributed by atoms with Gasteiger partial charge in [-0.2, -0.15) is 0 Å². The highest BCUT2D eigenvalue weighted by Gasteiger charge is 2.10. The van der Waals surface area contributed by atoms with E-state index >= 15 is 0 Å². The van der Waals surface area contributed by atoms with Gasteiger partial charge < -0.3 is 10.1 Å². The third-order valence-electron chi connectivity index (χ3n) is 3.36. The first-order valence-electron chi connectivity index (χ1n) is 6.63. The molecule has 2 aromatic carbocycles. The first kappa shape index (κ1) is 14.8. The zero-order chi connectivity index (χ0) is 15.4. The molecule has 5 heteroatoms. The minimum atomic E-state index is -0.351. The van der Waals surface area contributed by atoms with E-state index in [4.69, 9.17) is 4.74 Å². The summed E-state index contributed by atoms with van der Waals surface area (Å²) >= 11 is 0. The summed E-state index contributed by atoms with van der Waals surface area (Å²) in [5, 5.41) is 14.2. The number of aryl methyl sites for hydroxylation is 2. The summed E-state index contributed by atoms with van der Waals surface area (Å²) in [6.07, 6.45) is 0. The topological polar surface area (TPSA) is 64.4 Å². The second kappa shape index (κ2) is 6.26. The molecule has 0 aromatic heterocycles. The Kier molecular flexibility index (Phi) is 4.42. The largest absolute Gasteiger partial charge is 0.496 e. The quantitative estimate of drug-likeness (QED) is 0.670. The van der Waals surface area contributed by atoms with Crippen LogP contribution in [0.5, 0.6) is 5.75 Å². The summed E-state index contributed by atoms with van der Waals surface area (Å²) < 4.78 is 5.22. The maximum atomic E-state index is 10.9. The molecule has 0 aliphatic rings. The van der Waals surface area contributed by atoms with Gasteiger partial charge in [0.1, 0.15) is 5.75 Å². The van der Waals surface area contributed by atoms with Gasteiger partial charge in [-0.1, -0.05) is 12.1 Å². The van der Waals surface area contributed by atoms with E-state index in [-0.39, 0.29) is 10.6 Å². The van der Waals surface area contributed by atoms with E-state index < -0.39 is 0 Å². The highest BCUT2D eigenvalue weighted by molar-refractivity contribution is 5.51. The highest BCUT2D eigenvalue weighted by Crippen LogP contribution is 2.23. The minimum Gasteiger partial charge on any atom is -0.496 e. The van der Waals surface area contributed by atoms with Crippen LogP contribution in [0.3, 0.4) is 0 Å². The fourth-order valence-electron chi connectivity index (χ4n) is 2.15. The molecule has 0 radical (unpaired) electrons. The molecule has 2 rings (SSSR count). The molecule has 0 aliphatic carbocycles. The third kappa shape index (κ3) is 3.51. The van der Waals surface area contributed by atoms with Crippen LogP contribution in [0.2, 0.25) is 0 Å². The van der Waals surface area contributed by atoms with Crippen LogP contribution in [-0.4, -0.2) is 12.0 Å². The van der Waals surface area contributed by atoms with E-state index in [1.165, 1.54) is 0 Å². The Hall–Kier alpha value is -2.56. The number of hydrogen-bond donors (Lipinski definition) is 1. The fraction of sp³-hybridized carbons (Fsp3) is 0.250. The van der Waals surface area contributed by atoms with Gasteiger partial charge in [0.25, 0.3) is 5.69 Å². The first-order chi connectivity index (χ1) is 10.0. The number of nitrogens with zero attached hydrogens (tertiary/aromatic N) is 1. The molecule has 1 N–H and O–H groups in total. The lowest BCUT2D eigenvalue weighted by atomic mass is 10.1. The Labute approximate surface area is 123 Å². The average molecular weight is 286 g/mol. The van der Waals surface area contributed by atoms with Crippen LogP contribution in [0.1, 0.15) is 16.7 Å². The lowest BCUT2D eigenvalue weighted by molar-refractivity contribution is -0.385. The summed E-state index contributed by atoms with van der Waals surface area (Å²) in [7, 11) is 1.64. The van der Waals surface area contributed by atoms with E-state index in [2.05, 4.69) is 5.32 Å². The third-order valence-corrected chi connectivity index (χ3v) is 3.36. The second-order valence-electron chi connectivity index (χ2n) is 4.92. The van der Waals surface area contributed by atoms with Crippen molar-refractivity contribution < 1.29 is 9.66 Å². The Morgan fingerprint density at radius 2 is 1.90 bits per heavy atom. The molecule has 0 heterocycles. The van der Waals surface area contributed by atoms with Gasteiger partial charge in [-0.15, -0.1) is 0 Å². The summed E-state index contributed by atoms with van der Waals surface area (Å²) in [5.74, 6) is 0.839. The number of benzene rings is 2. The lowest BCUT2D eigenvalue weighted by Gasteiger charge is -2.10. The molecular formula is C16H18N2O3. The molecule has 0 unspecified atom stereocenters. The second-order valence-corrected chi connectivity index (χ2v) is 4.92. The predicted molar refractivity (Wildman–Crippen MR) is 82.9 cm³/mol. The van der Waals surface area contributed by atoms with Gasteiger partial charge in [-0.3, -0.25) is 10.1 Å². The summed E-state index contributed by atoms with van der Waals surface area (Å²) in [5.41, 5.74) is 3.69. The van der Waals surface area contributed by atoms with Gasteiger partial charge in [0.15, 0.2) is 0 Å². The number of ether oxygens (including phenoxy) is 1. The molecule has 110 valence electrons. The fourth-order valence-corrected chi connectivity index (χ4v) is 2.15. The van der Waals surface area contributed by atoms with Crippen molar-refractivity contribution in [2.75, 3.05) is 12.4 Å². The predicted octanol–water partition coefficient (Wildman–Crippen LogP) is 3.83. The number of nitro benzene ring substituents is 1. The van der Waals surface area contributed by atoms with Crippen molar-refractivity contribution in [2.45, 2.75) is 20.4 Å². The number of anilines is 1. The van der Waals surface area contributed by atoms with Gasteiger partial charge >= 0.3 is 0 Å². The molecule has 0 saturated carbocycles. The monoisotopic (exact) mass is 286 g/mol. The molecule has 0 spiro atoms. The zero-order valence-electron chi connectivity index (χ0n) is 12.3. The van der Waals surface area contributed by atoms with Crippen molar-refractivity contribution in [2.24, 2.45) is 0 Å². The number of methoxy groups -OCH3 is 1. The molecule has 0 aliphatic heterocycles. The number of nitrogens with one attached hydrogen (secondary N) is 1. The Bertz CT molecular complexity index is 669. The van der Waals surface area contributed by atoms with Gasteiger partial charge in [0.05, 0.1) is 12.0 Å². The Morgan fingerprint density at radius 1 is 1.14 bits per heavy atom. The maximum Gasteiger partial charge on any atom is 0.272 e. The van der Waals surface area contributed by atoms with E-state index in [0.29, 0.717) is 12.1 Å². The summed E-state index contributed by atoms with van der Waals surface area (Å²) in [6.45, 7) is 4.25. The molecular weight excluding hydrogens is 268 g/mol. The first-order valence-corrected chi connectivity index (χ1v) is 6.63. The van der Waals surface area contributed by atoms with Crippen molar-refractivity contribution >= 4 is 11.4 Å². The molecule has 0 fully saturated rings. The van der Waals surface area contributed by atoms with Crippen molar-refractivity contribution in [1.29, 1.82) is 0 Å². The van der Waals surface area contributed by atoms with Crippen LogP contribution >= 0.6 is 0 Å². The molecule has 0 amide bonds. The van der Waals surface area contributed by atoms with Crippen molar-refractivity contribution in [3.05, 3.63) is 63.2 Å². The van der Waals surface area contributed by atoms with Gasteiger partial charge in [0.2, 0.25) is 0 Å². The Balaban J connectivity index is 2.11. The van der Waals surface area contributed by atoms with Gasteiger partial charge in [-0.05, 0) is 43.2 Å². The molecule has 0 saturated heterocycles. The zero-order valence-corrected chi connectivity index (χ0v) is 12.3. The number of nitro groups is 1. The van der Waals surface area contributed by atoms with Crippen LogP contribution in [0, 0.1) is 24.0 Å². The van der Waals surface area contributed by atoms with Crippen molar-refractivity contribution in [3.8, 4) is 5.75 Å². The molecule has 2 aromatic rings. The maximum absolute atomic E-state index is 10.9. The normalized spacial score (nSPS) is 10.2. The number of rotatable bonds is 5. The highest BCUT2D eigenvalue weighted by atomic mass is 16.6. The van der Waals surface area contributed by atoms with Crippen LogP contribution < -0.4 is 10.1 Å². The van der Waals surface area contributed by atoms with Crippen LogP contribution in [0.4, 0.5) is 11.4 Å². The summed E-state index contributed by atoms with van der Waals surface area (Å²) in [4.78, 5) is 10.6. The van der Waals surface area contributed by atoms with Gasteiger partial charge in [0, 0.05) is 23.9 Å². The SMILES string of the molecule is COc1ccc(NCc2ccc(C)c([N+](=O)[O-])c2)cc1C. The van der Waals surface area contributed by atoms with Crippen LogP contribution in [0.25, 0.3) is 0 Å². The van der Waals surface area contributed by atoms with E-state index in [1.807, 2.05) is 31.2 Å². The van der Waals surface area contributed by atoms with Crippen molar-refractivity contribution in [1.82, 2.24) is 0 Å². The van der Waals surface area contributed by atoms with E-state index in [1.54, 1.807) is 26.2 Å². The lowest BCUT2D eigenvalue weighted by Crippen LogP contribution is -2.01. The standard InChI is InChI=1S/C16H18N2O3/c1-11-4-5-13(9-15(11)18(19)20)10-17-14-6-7-16(21-3)12(2)8-14/h4-9,17H,10H2,1-3H3. The molecule has 5 nitrogen and oxygen atoms in total. The Morgan fingerprint density at radius 3 is 2.52 bits per heavy atom. The van der Waals surface area contributed by atoms with E-state index in [0.717, 1.165) is 22.6 Å². The smallest absolute Gasteiger partial charge is 0.272 e. The van der Waals surface area contributed by atoms with E-state index in [9.17, 15) is 10.1 Å². The number of hydrogen-bond acceptors (Lipinski definition) is 4.